The van der Waals surface area contributed by atoms with Gasteiger partial charge in [0.2, 0.25) is 0 Å². The van der Waals surface area contributed by atoms with Crippen molar-refractivity contribution in [3.8, 4) is 0 Å². The molecule has 5 rings (SSSR count). The fourth-order valence-corrected chi connectivity index (χ4v) is 10.9. The number of hydrogen-bond donors (Lipinski definition) is 1. The normalized spacial score (nSPS) is 58.3. The van der Waals surface area contributed by atoms with Gasteiger partial charge in [0, 0.05) is 5.41 Å². The van der Waals surface area contributed by atoms with Gasteiger partial charge in [-0.3, -0.25) is 0 Å². The summed E-state index contributed by atoms with van der Waals surface area (Å²) in [6, 6.07) is 0. The molecule has 0 aromatic rings. The zero-order valence-electron chi connectivity index (χ0n) is 21.2. The molecule has 5 aliphatic carbocycles. The third kappa shape index (κ3) is 2.82. The fourth-order valence-electron chi connectivity index (χ4n) is 10.9. The van der Waals surface area contributed by atoms with Crippen LogP contribution in [0.4, 0.5) is 0 Å². The molecule has 176 valence electrons. The molecule has 2 heteroatoms. The van der Waals surface area contributed by atoms with Gasteiger partial charge in [-0.2, -0.15) is 0 Å². The van der Waals surface area contributed by atoms with E-state index >= 15 is 0 Å². The Kier molecular flexibility index (Phi) is 4.94. The molecule has 0 aromatic heterocycles. The van der Waals surface area contributed by atoms with E-state index in [4.69, 9.17) is 0 Å². The number of carbonyl (C=O) groups is 1. The molecule has 1 N–H and O–H groups in total. The molecule has 10 atom stereocenters. The van der Waals surface area contributed by atoms with Crippen LogP contribution in [0.1, 0.15) is 112 Å². The molecular weight excluding hydrogens is 380 g/mol. The highest BCUT2D eigenvalue weighted by molar-refractivity contribution is 5.61. The topological polar surface area (TPSA) is 37.3 Å². The second-order valence-corrected chi connectivity index (χ2v) is 14.5. The van der Waals surface area contributed by atoms with Crippen LogP contribution < -0.4 is 0 Å². The van der Waals surface area contributed by atoms with E-state index in [1.807, 2.05) is 0 Å². The Hall–Kier alpha value is -0.370. The van der Waals surface area contributed by atoms with Crippen molar-refractivity contribution >= 4 is 6.29 Å². The van der Waals surface area contributed by atoms with E-state index in [2.05, 4.69) is 41.5 Å². The number of rotatable bonds is 1. The van der Waals surface area contributed by atoms with Gasteiger partial charge < -0.3 is 9.90 Å². The van der Waals surface area contributed by atoms with Crippen molar-refractivity contribution in [2.45, 2.75) is 118 Å². The standard InChI is InChI=1S/C29H48O2/c1-19-20-9-12-28(6)24(26(20,4)11-10-23(19)31)8-7-21-22-17-25(2,3)13-15-29(22,18-30)16-14-27(21,28)5/h18-24,31H,7-17H2,1-6H3/t19?,20-,21?,22?,23-,24?,26?,27+,28-,29+/m0/s1. The van der Waals surface area contributed by atoms with Gasteiger partial charge >= 0.3 is 0 Å². The number of aldehydes is 1. The second kappa shape index (κ2) is 6.83. The van der Waals surface area contributed by atoms with Gasteiger partial charge in [-0.1, -0.05) is 41.5 Å². The van der Waals surface area contributed by atoms with Gasteiger partial charge in [-0.05, 0) is 122 Å². The molecular formula is C29H48O2. The van der Waals surface area contributed by atoms with Crippen molar-refractivity contribution < 1.29 is 9.90 Å². The molecule has 0 radical (unpaired) electrons. The Morgan fingerprint density at radius 3 is 2.16 bits per heavy atom. The molecule has 0 aliphatic heterocycles. The van der Waals surface area contributed by atoms with Crippen LogP contribution in [-0.2, 0) is 4.79 Å². The Balaban J connectivity index is 1.52. The van der Waals surface area contributed by atoms with Crippen LogP contribution in [0.3, 0.4) is 0 Å². The molecule has 0 aromatic carbocycles. The quantitative estimate of drug-likeness (QED) is 0.455. The molecule has 0 heterocycles. The summed E-state index contributed by atoms with van der Waals surface area (Å²) in [4.78, 5) is 12.6. The Labute approximate surface area is 191 Å². The van der Waals surface area contributed by atoms with Gasteiger partial charge in [0.25, 0.3) is 0 Å². The maximum Gasteiger partial charge on any atom is 0.126 e. The minimum Gasteiger partial charge on any atom is -0.393 e. The largest absolute Gasteiger partial charge is 0.393 e. The summed E-state index contributed by atoms with van der Waals surface area (Å²) < 4.78 is 0. The maximum atomic E-state index is 12.6. The minimum absolute atomic E-state index is 0.0343. The Bertz CT molecular complexity index is 743. The lowest BCUT2D eigenvalue weighted by atomic mass is 9.32. The lowest BCUT2D eigenvalue weighted by molar-refractivity contribution is -0.240. The third-order valence-electron chi connectivity index (χ3n) is 13.1. The van der Waals surface area contributed by atoms with Gasteiger partial charge in [0.05, 0.1) is 6.10 Å². The number of carbonyl (C=O) groups excluding carboxylic acids is 1. The summed E-state index contributed by atoms with van der Waals surface area (Å²) in [5.41, 5.74) is 1.46. The Morgan fingerprint density at radius 1 is 0.742 bits per heavy atom. The number of aliphatic hydroxyl groups excluding tert-OH is 1. The summed E-state index contributed by atoms with van der Waals surface area (Å²) in [5, 5.41) is 10.6. The minimum atomic E-state index is -0.0956. The lowest BCUT2D eigenvalue weighted by Gasteiger charge is -2.72. The van der Waals surface area contributed by atoms with Gasteiger partial charge in [0.15, 0.2) is 0 Å². The highest BCUT2D eigenvalue weighted by Gasteiger charge is 2.69. The molecule has 0 amide bonds. The predicted octanol–water partition coefficient (Wildman–Crippen LogP) is 7.04. The van der Waals surface area contributed by atoms with E-state index in [1.54, 1.807) is 0 Å². The van der Waals surface area contributed by atoms with Crippen molar-refractivity contribution in [1.82, 2.24) is 0 Å². The molecule has 0 spiro atoms. The van der Waals surface area contributed by atoms with Crippen LogP contribution in [0.15, 0.2) is 0 Å². The summed E-state index contributed by atoms with van der Waals surface area (Å²) >= 11 is 0. The number of aliphatic hydroxyl groups is 1. The van der Waals surface area contributed by atoms with Crippen LogP contribution in [0.2, 0.25) is 0 Å². The fraction of sp³-hybridized carbons (Fsp3) is 0.966. The second-order valence-electron chi connectivity index (χ2n) is 14.5. The van der Waals surface area contributed by atoms with Crippen LogP contribution in [-0.4, -0.2) is 17.5 Å². The summed E-state index contributed by atoms with van der Waals surface area (Å²) in [7, 11) is 0. The van der Waals surface area contributed by atoms with E-state index in [0.29, 0.717) is 45.3 Å². The monoisotopic (exact) mass is 428 g/mol. The van der Waals surface area contributed by atoms with Crippen LogP contribution in [0.5, 0.6) is 0 Å². The summed E-state index contributed by atoms with van der Waals surface area (Å²) in [5.74, 6) is 3.19. The zero-order valence-corrected chi connectivity index (χ0v) is 21.2. The first kappa shape index (κ1) is 22.4. The first-order valence-corrected chi connectivity index (χ1v) is 13.6. The SMILES string of the molecule is CC1[C@@H](O)CCC2(C)C3CCC4C5CC(C)(C)CC[C@]5(C=O)CC[C@@]4(C)[C@@]3(C)CC[C@@H]12. The van der Waals surface area contributed by atoms with Crippen LogP contribution >= 0.6 is 0 Å². The van der Waals surface area contributed by atoms with E-state index in [9.17, 15) is 9.90 Å². The zero-order chi connectivity index (χ0) is 22.4. The molecule has 0 bridgehead atoms. The third-order valence-corrected chi connectivity index (χ3v) is 13.1. The molecule has 5 aliphatic rings. The highest BCUT2D eigenvalue weighted by Crippen LogP contribution is 2.75. The first-order chi connectivity index (χ1) is 14.4. The van der Waals surface area contributed by atoms with Crippen LogP contribution in [0, 0.1) is 56.7 Å². The molecule has 5 fully saturated rings. The van der Waals surface area contributed by atoms with E-state index in [0.717, 1.165) is 25.2 Å². The average molecular weight is 429 g/mol. The van der Waals surface area contributed by atoms with Crippen molar-refractivity contribution in [1.29, 1.82) is 0 Å². The summed E-state index contributed by atoms with van der Waals surface area (Å²) in [6.07, 6.45) is 14.8. The van der Waals surface area contributed by atoms with E-state index in [1.165, 1.54) is 57.7 Å². The van der Waals surface area contributed by atoms with E-state index in [-0.39, 0.29) is 11.5 Å². The van der Waals surface area contributed by atoms with Gasteiger partial charge in [-0.25, -0.2) is 0 Å². The number of hydrogen-bond acceptors (Lipinski definition) is 2. The van der Waals surface area contributed by atoms with E-state index < -0.39 is 0 Å². The van der Waals surface area contributed by atoms with Crippen molar-refractivity contribution in [3.05, 3.63) is 0 Å². The lowest BCUT2D eigenvalue weighted by Crippen LogP contribution is -2.66. The van der Waals surface area contributed by atoms with Crippen LogP contribution in [0.25, 0.3) is 0 Å². The number of fused-ring (bicyclic) bond motifs is 7. The smallest absolute Gasteiger partial charge is 0.126 e. The first-order valence-electron chi connectivity index (χ1n) is 13.6. The molecule has 31 heavy (non-hydrogen) atoms. The Morgan fingerprint density at radius 2 is 1.45 bits per heavy atom. The van der Waals surface area contributed by atoms with Crippen molar-refractivity contribution in [2.75, 3.05) is 0 Å². The molecule has 5 saturated carbocycles. The molecule has 2 nitrogen and oxygen atoms in total. The highest BCUT2D eigenvalue weighted by atomic mass is 16.3. The average Bonchev–Trinajstić information content (AvgIpc) is 2.71. The molecule has 0 saturated heterocycles. The maximum absolute atomic E-state index is 12.6. The van der Waals surface area contributed by atoms with Crippen molar-refractivity contribution in [2.24, 2.45) is 56.7 Å². The molecule has 5 unspecified atom stereocenters. The van der Waals surface area contributed by atoms with Gasteiger partial charge in [0.1, 0.15) is 6.29 Å². The summed E-state index contributed by atoms with van der Waals surface area (Å²) in [6.45, 7) is 15.2. The van der Waals surface area contributed by atoms with Gasteiger partial charge in [-0.15, -0.1) is 0 Å². The van der Waals surface area contributed by atoms with Crippen molar-refractivity contribution in [3.63, 3.8) is 0 Å². The predicted molar refractivity (Wildman–Crippen MR) is 127 cm³/mol.